The van der Waals surface area contributed by atoms with Gasteiger partial charge in [0.15, 0.2) is 5.78 Å². The number of rotatable bonds is 12. The first-order valence-electron chi connectivity index (χ1n) is 15.2. The molecule has 39 heavy (non-hydrogen) atoms. The Hall–Kier alpha value is -2.83. The highest BCUT2D eigenvalue weighted by atomic mass is 16.1. The van der Waals surface area contributed by atoms with Crippen LogP contribution in [-0.2, 0) is 0 Å². The summed E-state index contributed by atoms with van der Waals surface area (Å²) in [5.41, 5.74) is 5.90. The molecule has 0 bridgehead atoms. The van der Waals surface area contributed by atoms with E-state index in [9.17, 15) is 4.79 Å². The number of nitrogens with zero attached hydrogens (tertiary/aromatic N) is 4. The van der Waals surface area contributed by atoms with E-state index in [-0.39, 0.29) is 5.78 Å². The monoisotopic (exact) mass is 527 g/mol. The van der Waals surface area contributed by atoms with Gasteiger partial charge in [-0.2, -0.15) is 0 Å². The van der Waals surface area contributed by atoms with E-state index < -0.39 is 0 Å². The van der Waals surface area contributed by atoms with Crippen LogP contribution in [0.5, 0.6) is 0 Å². The van der Waals surface area contributed by atoms with E-state index >= 15 is 0 Å². The molecule has 6 heteroatoms. The fourth-order valence-corrected chi connectivity index (χ4v) is 6.05. The predicted molar refractivity (Wildman–Crippen MR) is 162 cm³/mol. The van der Waals surface area contributed by atoms with Crippen molar-refractivity contribution in [3.05, 3.63) is 53.9 Å². The van der Waals surface area contributed by atoms with Crippen LogP contribution in [0.2, 0.25) is 0 Å². The third-order valence-corrected chi connectivity index (χ3v) is 8.40. The average Bonchev–Trinajstić information content (AvgIpc) is 2.99. The van der Waals surface area contributed by atoms with Crippen molar-refractivity contribution in [1.29, 1.82) is 0 Å². The van der Waals surface area contributed by atoms with Crippen molar-refractivity contribution in [3.8, 4) is 11.3 Å². The van der Waals surface area contributed by atoms with Gasteiger partial charge in [0, 0.05) is 47.6 Å². The summed E-state index contributed by atoms with van der Waals surface area (Å²) in [5.74, 6) is 0.240. The summed E-state index contributed by atoms with van der Waals surface area (Å²) in [7, 11) is 0. The third kappa shape index (κ3) is 7.64. The number of piperidine rings is 2. The molecule has 1 aromatic carbocycles. The molecule has 2 aliphatic heterocycles. The summed E-state index contributed by atoms with van der Waals surface area (Å²) >= 11 is 0. The number of anilines is 1. The summed E-state index contributed by atoms with van der Waals surface area (Å²) < 4.78 is 0. The zero-order valence-corrected chi connectivity index (χ0v) is 23.8. The molecule has 2 aliphatic rings. The van der Waals surface area contributed by atoms with Gasteiger partial charge < -0.3 is 15.1 Å². The Balaban J connectivity index is 1.21. The van der Waals surface area contributed by atoms with Gasteiger partial charge in [0.2, 0.25) is 0 Å². The first-order chi connectivity index (χ1) is 19.2. The minimum atomic E-state index is 0.240. The number of nitrogens with one attached hydrogen (secondary N) is 1. The number of hydrogen-bond donors (Lipinski definition) is 1. The highest BCUT2D eigenvalue weighted by Crippen LogP contribution is 2.30. The van der Waals surface area contributed by atoms with Gasteiger partial charge in [-0.3, -0.25) is 9.78 Å². The van der Waals surface area contributed by atoms with Crippen molar-refractivity contribution >= 4 is 22.4 Å². The van der Waals surface area contributed by atoms with Gasteiger partial charge in [-0.15, -0.1) is 0 Å². The first-order valence-corrected chi connectivity index (χ1v) is 15.2. The molecule has 1 N–H and O–H groups in total. The Kier molecular flexibility index (Phi) is 9.95. The number of carbonyl (C=O) groups is 1. The maximum absolute atomic E-state index is 12.8. The van der Waals surface area contributed by atoms with Crippen molar-refractivity contribution in [1.82, 2.24) is 19.8 Å². The highest BCUT2D eigenvalue weighted by Gasteiger charge is 2.14. The quantitative estimate of drug-likeness (QED) is 0.208. The molecular formula is C33H45N5O. The second kappa shape index (κ2) is 14.0. The minimum Gasteiger partial charge on any atom is -0.384 e. The van der Waals surface area contributed by atoms with Gasteiger partial charge in [0.05, 0.1) is 11.2 Å². The standard InChI is InChI=1S/C33H45N5O/c1-26-24-34-25-29-31(35-16-10-22-38-19-7-3-8-20-38)23-30(36-33(26)29)27-12-14-28(15-13-27)32(39)11-4-9-21-37-17-5-2-6-18-37/h12-15,23-25H,2-11,16-22H2,1H3,(H,35,36). The Morgan fingerprint density at radius 2 is 1.51 bits per heavy atom. The molecule has 0 amide bonds. The topological polar surface area (TPSA) is 61.4 Å². The highest BCUT2D eigenvalue weighted by molar-refractivity contribution is 5.97. The van der Waals surface area contributed by atoms with Gasteiger partial charge in [-0.25, -0.2) is 4.98 Å². The number of aryl methyl sites for hydroxylation is 1. The van der Waals surface area contributed by atoms with Gasteiger partial charge in [0.1, 0.15) is 0 Å². The molecule has 2 fully saturated rings. The number of hydrogen-bond acceptors (Lipinski definition) is 6. The van der Waals surface area contributed by atoms with Crippen molar-refractivity contribution in [2.24, 2.45) is 0 Å². The van der Waals surface area contributed by atoms with E-state index in [2.05, 4.69) is 33.1 Å². The largest absolute Gasteiger partial charge is 0.384 e. The lowest BCUT2D eigenvalue weighted by atomic mass is 10.0. The molecule has 0 atom stereocenters. The molecule has 0 saturated carbocycles. The van der Waals surface area contributed by atoms with Gasteiger partial charge in [0.25, 0.3) is 0 Å². The molecule has 4 heterocycles. The van der Waals surface area contributed by atoms with Crippen LogP contribution in [-0.4, -0.2) is 71.4 Å². The Morgan fingerprint density at radius 1 is 0.846 bits per heavy atom. The molecule has 208 valence electrons. The van der Waals surface area contributed by atoms with Crippen LogP contribution in [0.15, 0.2) is 42.7 Å². The number of benzene rings is 1. The maximum Gasteiger partial charge on any atom is 0.162 e. The molecule has 5 rings (SSSR count). The number of Topliss-reactive ketones (excluding diaryl/α,β-unsaturated/α-hetero) is 1. The van der Waals surface area contributed by atoms with Crippen LogP contribution in [0.25, 0.3) is 22.2 Å². The number of ketones is 1. The van der Waals surface area contributed by atoms with Crippen molar-refractivity contribution in [2.75, 3.05) is 51.1 Å². The summed E-state index contributed by atoms with van der Waals surface area (Å²) in [4.78, 5) is 27.4. The molecule has 2 saturated heterocycles. The lowest BCUT2D eigenvalue weighted by Gasteiger charge is -2.26. The molecule has 3 aromatic rings. The summed E-state index contributed by atoms with van der Waals surface area (Å²) in [6, 6.07) is 10.2. The van der Waals surface area contributed by atoms with E-state index in [4.69, 9.17) is 4.98 Å². The Morgan fingerprint density at radius 3 is 2.21 bits per heavy atom. The number of likely N-dealkylation sites (tertiary alicyclic amines) is 2. The molecule has 0 spiro atoms. The normalized spacial score (nSPS) is 16.9. The molecule has 0 radical (unpaired) electrons. The molecule has 0 unspecified atom stereocenters. The van der Waals surface area contributed by atoms with Gasteiger partial charge >= 0.3 is 0 Å². The number of aromatic nitrogens is 2. The third-order valence-electron chi connectivity index (χ3n) is 8.40. The van der Waals surface area contributed by atoms with Crippen LogP contribution in [0, 0.1) is 6.92 Å². The second-order valence-electron chi connectivity index (χ2n) is 11.5. The Labute approximate surface area is 234 Å². The number of fused-ring (bicyclic) bond motifs is 1. The van der Waals surface area contributed by atoms with Crippen LogP contribution < -0.4 is 5.32 Å². The van der Waals surface area contributed by atoms with E-state index in [0.717, 1.165) is 77.9 Å². The molecule has 2 aromatic heterocycles. The summed E-state index contributed by atoms with van der Waals surface area (Å²) in [6.45, 7) is 10.2. The van der Waals surface area contributed by atoms with E-state index in [0.29, 0.717) is 6.42 Å². The number of pyridine rings is 2. The lowest BCUT2D eigenvalue weighted by molar-refractivity contribution is 0.0977. The van der Waals surface area contributed by atoms with Crippen LogP contribution in [0.4, 0.5) is 5.69 Å². The van der Waals surface area contributed by atoms with Crippen LogP contribution in [0.3, 0.4) is 0 Å². The van der Waals surface area contributed by atoms with Gasteiger partial charge in [-0.1, -0.05) is 37.1 Å². The van der Waals surface area contributed by atoms with Crippen LogP contribution in [0.1, 0.15) is 80.1 Å². The van der Waals surface area contributed by atoms with E-state index in [1.807, 2.05) is 36.7 Å². The predicted octanol–water partition coefficient (Wildman–Crippen LogP) is 6.73. The number of carbonyl (C=O) groups excluding carboxylic acids is 1. The number of unbranched alkanes of at least 4 members (excludes halogenated alkanes) is 1. The summed E-state index contributed by atoms with van der Waals surface area (Å²) in [6.07, 6.45) is 15.7. The van der Waals surface area contributed by atoms with E-state index in [1.165, 1.54) is 64.7 Å². The SMILES string of the molecule is Cc1cncc2c(NCCCN3CCCCC3)cc(-c3ccc(C(=O)CCCCN4CCCCC4)cc3)nc12. The fraction of sp³-hybridized carbons (Fsp3) is 0.545. The smallest absolute Gasteiger partial charge is 0.162 e. The zero-order valence-electron chi connectivity index (χ0n) is 23.8. The fourth-order valence-electron chi connectivity index (χ4n) is 6.05. The second-order valence-corrected chi connectivity index (χ2v) is 11.5. The van der Waals surface area contributed by atoms with Crippen molar-refractivity contribution in [3.63, 3.8) is 0 Å². The van der Waals surface area contributed by atoms with E-state index in [1.54, 1.807) is 0 Å². The minimum absolute atomic E-state index is 0.240. The molecular weight excluding hydrogens is 482 g/mol. The first kappa shape index (κ1) is 27.7. The summed E-state index contributed by atoms with van der Waals surface area (Å²) in [5, 5.41) is 4.75. The average molecular weight is 528 g/mol. The maximum atomic E-state index is 12.8. The molecule has 6 nitrogen and oxygen atoms in total. The van der Waals surface area contributed by atoms with Crippen LogP contribution >= 0.6 is 0 Å². The lowest BCUT2D eigenvalue weighted by Crippen LogP contribution is -2.31. The zero-order chi connectivity index (χ0) is 26.9. The van der Waals surface area contributed by atoms with Crippen molar-refractivity contribution < 1.29 is 4.79 Å². The van der Waals surface area contributed by atoms with Gasteiger partial charge in [-0.05, 0) is 103 Å². The van der Waals surface area contributed by atoms with Crippen molar-refractivity contribution in [2.45, 2.75) is 71.1 Å². The Bertz CT molecular complexity index is 1210. The molecule has 0 aliphatic carbocycles.